The summed E-state index contributed by atoms with van der Waals surface area (Å²) in [5, 5.41) is 1.16. The minimum atomic E-state index is 0.396. The van der Waals surface area contributed by atoms with Gasteiger partial charge in [-0.15, -0.1) is 0 Å². The second-order valence-electron chi connectivity index (χ2n) is 4.25. The van der Waals surface area contributed by atoms with E-state index in [1.165, 1.54) is 6.42 Å². The molecule has 1 atom stereocenters. The molecule has 0 spiro atoms. The van der Waals surface area contributed by atoms with Crippen molar-refractivity contribution in [3.63, 3.8) is 0 Å². The quantitative estimate of drug-likeness (QED) is 0.796. The van der Waals surface area contributed by atoms with Gasteiger partial charge in [-0.3, -0.25) is 0 Å². The minimum absolute atomic E-state index is 0.396. The first kappa shape index (κ1) is 13.9. The van der Waals surface area contributed by atoms with E-state index in [2.05, 4.69) is 21.8 Å². The second-order valence-corrected chi connectivity index (χ2v) is 6.04. The standard InChI is InChI=1S/C12H18ClN3OS/c1-3-9-7-16(4-5-18-9)12-6-10(13)14-11(15-12)8-17-2/h6,9H,3-5,7-8H2,1-2H3. The third kappa shape index (κ3) is 3.49. The molecule has 2 heterocycles. The van der Waals surface area contributed by atoms with Crippen LogP contribution in [0.4, 0.5) is 5.82 Å². The Balaban J connectivity index is 2.16. The minimum Gasteiger partial charge on any atom is -0.377 e. The molecule has 0 saturated carbocycles. The molecule has 4 nitrogen and oxygen atoms in total. The third-order valence-corrected chi connectivity index (χ3v) is 4.48. The van der Waals surface area contributed by atoms with Crippen molar-refractivity contribution in [1.29, 1.82) is 0 Å². The van der Waals surface area contributed by atoms with Crippen LogP contribution in [0.1, 0.15) is 19.2 Å². The number of anilines is 1. The van der Waals surface area contributed by atoms with Crippen LogP contribution in [0.3, 0.4) is 0 Å². The van der Waals surface area contributed by atoms with Crippen LogP contribution in [0.25, 0.3) is 0 Å². The second kappa shape index (κ2) is 6.59. The Labute approximate surface area is 117 Å². The predicted molar refractivity (Wildman–Crippen MR) is 76.5 cm³/mol. The average molecular weight is 288 g/mol. The summed E-state index contributed by atoms with van der Waals surface area (Å²) in [6.07, 6.45) is 1.19. The van der Waals surface area contributed by atoms with Crippen LogP contribution in [0.5, 0.6) is 0 Å². The topological polar surface area (TPSA) is 38.2 Å². The maximum atomic E-state index is 6.04. The summed E-state index contributed by atoms with van der Waals surface area (Å²) in [5.74, 6) is 2.70. The highest BCUT2D eigenvalue weighted by Gasteiger charge is 2.20. The molecule has 0 aliphatic carbocycles. The van der Waals surface area contributed by atoms with Gasteiger partial charge in [0.05, 0.1) is 0 Å². The molecule has 0 amide bonds. The molecule has 6 heteroatoms. The summed E-state index contributed by atoms with van der Waals surface area (Å²) in [5.41, 5.74) is 0. The van der Waals surface area contributed by atoms with Crippen molar-refractivity contribution in [2.24, 2.45) is 0 Å². The van der Waals surface area contributed by atoms with E-state index >= 15 is 0 Å². The number of aromatic nitrogens is 2. The van der Waals surface area contributed by atoms with E-state index in [4.69, 9.17) is 16.3 Å². The third-order valence-electron chi connectivity index (χ3n) is 2.92. The van der Waals surface area contributed by atoms with E-state index in [-0.39, 0.29) is 0 Å². The molecule has 0 bridgehead atoms. The molecule has 18 heavy (non-hydrogen) atoms. The zero-order chi connectivity index (χ0) is 13.0. The predicted octanol–water partition coefficient (Wildman–Crippen LogP) is 2.61. The molecule has 1 unspecified atom stereocenters. The van der Waals surface area contributed by atoms with E-state index in [1.807, 2.05) is 17.8 Å². The number of nitrogens with zero attached hydrogens (tertiary/aromatic N) is 3. The van der Waals surface area contributed by atoms with Gasteiger partial charge in [0.1, 0.15) is 17.6 Å². The van der Waals surface area contributed by atoms with Gasteiger partial charge in [-0.1, -0.05) is 18.5 Å². The van der Waals surface area contributed by atoms with Crippen molar-refractivity contribution in [3.05, 3.63) is 17.0 Å². The van der Waals surface area contributed by atoms with Gasteiger partial charge in [0.15, 0.2) is 5.82 Å². The smallest absolute Gasteiger partial charge is 0.158 e. The van der Waals surface area contributed by atoms with Crippen LogP contribution in [0.15, 0.2) is 6.07 Å². The maximum absolute atomic E-state index is 6.04. The van der Waals surface area contributed by atoms with Crippen LogP contribution in [0.2, 0.25) is 5.15 Å². The van der Waals surface area contributed by atoms with E-state index < -0.39 is 0 Å². The lowest BCUT2D eigenvalue weighted by Gasteiger charge is -2.32. The van der Waals surface area contributed by atoms with Crippen molar-refractivity contribution in [3.8, 4) is 0 Å². The molecule has 1 aromatic rings. The molecule has 1 saturated heterocycles. The average Bonchev–Trinajstić information content (AvgIpc) is 2.38. The Morgan fingerprint density at radius 1 is 1.56 bits per heavy atom. The van der Waals surface area contributed by atoms with Gasteiger partial charge < -0.3 is 9.64 Å². The Kier molecular flexibility index (Phi) is 5.09. The lowest BCUT2D eigenvalue weighted by Crippen LogP contribution is -2.38. The lowest BCUT2D eigenvalue weighted by atomic mass is 10.3. The van der Waals surface area contributed by atoms with E-state index in [9.17, 15) is 0 Å². The van der Waals surface area contributed by atoms with Crippen molar-refractivity contribution in [2.75, 3.05) is 30.9 Å². The Morgan fingerprint density at radius 2 is 2.39 bits per heavy atom. The highest BCUT2D eigenvalue weighted by molar-refractivity contribution is 8.00. The Morgan fingerprint density at radius 3 is 3.11 bits per heavy atom. The van der Waals surface area contributed by atoms with Gasteiger partial charge in [-0.25, -0.2) is 9.97 Å². The summed E-state index contributed by atoms with van der Waals surface area (Å²) in [7, 11) is 1.63. The normalized spacial score (nSPS) is 20.2. The van der Waals surface area contributed by atoms with Gasteiger partial charge in [-0.05, 0) is 6.42 Å². The highest BCUT2D eigenvalue weighted by Crippen LogP contribution is 2.25. The molecule has 1 aliphatic rings. The zero-order valence-electron chi connectivity index (χ0n) is 10.7. The van der Waals surface area contributed by atoms with Gasteiger partial charge in [0.2, 0.25) is 0 Å². The largest absolute Gasteiger partial charge is 0.377 e. The number of ether oxygens (including phenoxy) is 1. The summed E-state index contributed by atoms with van der Waals surface area (Å²) in [6.45, 7) is 4.67. The van der Waals surface area contributed by atoms with Gasteiger partial charge >= 0.3 is 0 Å². The first-order valence-corrected chi connectivity index (χ1v) is 7.54. The number of hydrogen-bond donors (Lipinski definition) is 0. The van der Waals surface area contributed by atoms with Crippen LogP contribution in [-0.4, -0.2) is 41.2 Å². The van der Waals surface area contributed by atoms with Gasteiger partial charge in [-0.2, -0.15) is 11.8 Å². The fraction of sp³-hybridized carbons (Fsp3) is 0.667. The van der Waals surface area contributed by atoms with Crippen molar-refractivity contribution in [1.82, 2.24) is 9.97 Å². The first-order valence-electron chi connectivity index (χ1n) is 6.12. The molecule has 0 N–H and O–H groups in total. The zero-order valence-corrected chi connectivity index (χ0v) is 12.3. The molecular formula is C12H18ClN3OS. The first-order chi connectivity index (χ1) is 8.72. The summed E-state index contributed by atoms with van der Waals surface area (Å²) >= 11 is 8.07. The molecule has 1 fully saturated rings. The molecule has 2 rings (SSSR count). The summed E-state index contributed by atoms with van der Waals surface area (Å²) in [4.78, 5) is 11.0. The van der Waals surface area contributed by atoms with Crippen LogP contribution in [-0.2, 0) is 11.3 Å². The summed E-state index contributed by atoms with van der Waals surface area (Å²) in [6, 6.07) is 1.84. The SMILES string of the molecule is CCC1CN(c2cc(Cl)nc(COC)n2)CCS1. The maximum Gasteiger partial charge on any atom is 0.158 e. The fourth-order valence-electron chi connectivity index (χ4n) is 1.98. The Hall–Kier alpha value is -0.520. The van der Waals surface area contributed by atoms with Crippen LogP contribution in [0, 0.1) is 0 Å². The van der Waals surface area contributed by atoms with Crippen LogP contribution < -0.4 is 4.90 Å². The summed E-state index contributed by atoms with van der Waals surface area (Å²) < 4.78 is 5.06. The molecule has 100 valence electrons. The number of methoxy groups -OCH3 is 1. The van der Waals surface area contributed by atoms with E-state index in [0.29, 0.717) is 22.8 Å². The molecule has 0 radical (unpaired) electrons. The molecule has 0 aromatic carbocycles. The molecular weight excluding hydrogens is 270 g/mol. The number of halogens is 1. The monoisotopic (exact) mass is 287 g/mol. The van der Waals surface area contributed by atoms with E-state index in [0.717, 1.165) is 24.7 Å². The van der Waals surface area contributed by atoms with Crippen LogP contribution >= 0.6 is 23.4 Å². The number of rotatable bonds is 4. The van der Waals surface area contributed by atoms with Crippen molar-refractivity contribution >= 4 is 29.2 Å². The van der Waals surface area contributed by atoms with Gasteiger partial charge in [0, 0.05) is 37.3 Å². The molecule has 1 aliphatic heterocycles. The van der Waals surface area contributed by atoms with Crippen molar-refractivity contribution < 1.29 is 4.74 Å². The number of thioether (sulfide) groups is 1. The number of hydrogen-bond acceptors (Lipinski definition) is 5. The Bertz CT molecular complexity index is 405. The van der Waals surface area contributed by atoms with Gasteiger partial charge in [0.25, 0.3) is 0 Å². The molecule has 1 aromatic heterocycles. The highest BCUT2D eigenvalue weighted by atomic mass is 35.5. The lowest BCUT2D eigenvalue weighted by molar-refractivity contribution is 0.178. The van der Waals surface area contributed by atoms with E-state index in [1.54, 1.807) is 7.11 Å². The fourth-order valence-corrected chi connectivity index (χ4v) is 3.36. The van der Waals surface area contributed by atoms with Crippen molar-refractivity contribution in [2.45, 2.75) is 25.2 Å².